The Bertz CT molecular complexity index is 371. The van der Waals surface area contributed by atoms with Gasteiger partial charge in [0.05, 0.1) is 6.54 Å². The van der Waals surface area contributed by atoms with Crippen molar-refractivity contribution in [2.75, 3.05) is 18.4 Å². The van der Waals surface area contributed by atoms with Gasteiger partial charge in [-0.2, -0.15) is 0 Å². The lowest BCUT2D eigenvalue weighted by Gasteiger charge is -2.11. The Morgan fingerprint density at radius 3 is 3.00 bits per heavy atom. The zero-order chi connectivity index (χ0) is 11.2. The predicted molar refractivity (Wildman–Crippen MR) is 69.0 cm³/mol. The number of para-hydroxylation sites is 1. The number of benzene rings is 1. The van der Waals surface area contributed by atoms with Crippen LogP contribution in [0.5, 0.6) is 0 Å². The number of rotatable bonds is 4. The van der Waals surface area contributed by atoms with Crippen molar-refractivity contribution in [1.29, 1.82) is 0 Å². The van der Waals surface area contributed by atoms with E-state index < -0.39 is 0 Å². The molecule has 0 radical (unpaired) electrons. The van der Waals surface area contributed by atoms with Crippen LogP contribution >= 0.6 is 0 Å². The van der Waals surface area contributed by atoms with Gasteiger partial charge in [0.25, 0.3) is 0 Å². The van der Waals surface area contributed by atoms with E-state index in [-0.39, 0.29) is 0 Å². The van der Waals surface area contributed by atoms with Crippen LogP contribution in [-0.4, -0.2) is 19.0 Å². The first-order chi connectivity index (χ1) is 7.90. The summed E-state index contributed by atoms with van der Waals surface area (Å²) in [6.07, 6.45) is 3.60. The molecule has 0 aliphatic carbocycles. The number of hydrogen-bond acceptors (Lipinski definition) is 3. The molecule has 0 saturated carbocycles. The van der Waals surface area contributed by atoms with Crippen LogP contribution in [0, 0.1) is 0 Å². The lowest BCUT2D eigenvalue weighted by molar-refractivity contribution is 0.796. The second kappa shape index (κ2) is 5.54. The van der Waals surface area contributed by atoms with Gasteiger partial charge in [-0.15, -0.1) is 0 Å². The van der Waals surface area contributed by atoms with E-state index in [1.54, 1.807) is 0 Å². The molecular formula is C13H19N3. The van der Waals surface area contributed by atoms with Gasteiger partial charge in [-0.25, -0.2) is 0 Å². The molecular weight excluding hydrogens is 198 g/mol. The van der Waals surface area contributed by atoms with Crippen molar-refractivity contribution in [3.8, 4) is 0 Å². The van der Waals surface area contributed by atoms with Crippen LogP contribution in [0.25, 0.3) is 0 Å². The second-order valence-corrected chi connectivity index (χ2v) is 4.04. The van der Waals surface area contributed by atoms with Crippen LogP contribution in [0.2, 0.25) is 0 Å². The maximum atomic E-state index is 4.35. The van der Waals surface area contributed by atoms with Gasteiger partial charge in [-0.3, -0.25) is 4.99 Å². The summed E-state index contributed by atoms with van der Waals surface area (Å²) in [6, 6.07) is 8.47. The molecule has 0 unspecified atom stereocenters. The molecule has 0 fully saturated rings. The standard InChI is InChI=1S/C13H19N3/c1-2-3-6-11-7-4-5-8-12(11)16-13-14-9-10-15-13/h4-5,7-8H,2-3,6,9-10H2,1H3,(H2,14,15,16). The molecule has 1 aliphatic heterocycles. The largest absolute Gasteiger partial charge is 0.354 e. The minimum Gasteiger partial charge on any atom is -0.354 e. The summed E-state index contributed by atoms with van der Waals surface area (Å²) in [5, 5.41) is 6.58. The summed E-state index contributed by atoms with van der Waals surface area (Å²) in [5.41, 5.74) is 2.56. The van der Waals surface area contributed by atoms with Crippen LogP contribution in [0.3, 0.4) is 0 Å². The van der Waals surface area contributed by atoms with E-state index in [1.165, 1.54) is 24.1 Å². The third-order valence-corrected chi connectivity index (χ3v) is 2.74. The second-order valence-electron chi connectivity index (χ2n) is 4.04. The number of guanidine groups is 1. The molecule has 3 heteroatoms. The third-order valence-electron chi connectivity index (χ3n) is 2.74. The van der Waals surface area contributed by atoms with E-state index in [0.29, 0.717) is 0 Å². The number of aliphatic imine (C=N–C) groups is 1. The van der Waals surface area contributed by atoms with Crippen molar-refractivity contribution in [2.24, 2.45) is 4.99 Å². The van der Waals surface area contributed by atoms with Crippen molar-refractivity contribution in [3.63, 3.8) is 0 Å². The van der Waals surface area contributed by atoms with Crippen molar-refractivity contribution < 1.29 is 0 Å². The highest BCUT2D eigenvalue weighted by atomic mass is 15.2. The lowest BCUT2D eigenvalue weighted by Crippen LogP contribution is -2.26. The van der Waals surface area contributed by atoms with Crippen LogP contribution in [-0.2, 0) is 6.42 Å². The molecule has 86 valence electrons. The van der Waals surface area contributed by atoms with Gasteiger partial charge in [0.2, 0.25) is 0 Å². The lowest BCUT2D eigenvalue weighted by atomic mass is 10.1. The van der Waals surface area contributed by atoms with E-state index in [0.717, 1.165) is 25.5 Å². The molecule has 0 amide bonds. The average molecular weight is 217 g/mol. The highest BCUT2D eigenvalue weighted by Crippen LogP contribution is 2.17. The van der Waals surface area contributed by atoms with Gasteiger partial charge in [-0.05, 0) is 24.5 Å². The molecule has 2 N–H and O–H groups in total. The fraction of sp³-hybridized carbons (Fsp3) is 0.462. The fourth-order valence-corrected chi connectivity index (χ4v) is 1.84. The highest BCUT2D eigenvalue weighted by molar-refractivity contribution is 5.95. The number of hydrogen-bond donors (Lipinski definition) is 2. The van der Waals surface area contributed by atoms with Crippen LogP contribution in [0.4, 0.5) is 5.69 Å². The Morgan fingerprint density at radius 1 is 1.38 bits per heavy atom. The molecule has 1 aromatic rings. The Hall–Kier alpha value is -1.51. The van der Waals surface area contributed by atoms with Gasteiger partial charge in [0.1, 0.15) is 0 Å². The van der Waals surface area contributed by atoms with Gasteiger partial charge < -0.3 is 10.6 Å². The molecule has 16 heavy (non-hydrogen) atoms. The first-order valence-electron chi connectivity index (χ1n) is 6.03. The van der Waals surface area contributed by atoms with Crippen LogP contribution in [0.15, 0.2) is 29.3 Å². The number of anilines is 1. The average Bonchev–Trinajstić information content (AvgIpc) is 2.81. The number of nitrogens with zero attached hydrogens (tertiary/aromatic N) is 1. The zero-order valence-electron chi connectivity index (χ0n) is 9.79. The van der Waals surface area contributed by atoms with Crippen LogP contribution in [0.1, 0.15) is 25.3 Å². The first kappa shape index (κ1) is 11.0. The van der Waals surface area contributed by atoms with E-state index in [1.807, 2.05) is 0 Å². The van der Waals surface area contributed by atoms with E-state index in [2.05, 4.69) is 46.8 Å². The van der Waals surface area contributed by atoms with E-state index >= 15 is 0 Å². The zero-order valence-corrected chi connectivity index (χ0v) is 9.79. The number of aryl methyl sites for hydroxylation is 1. The Kier molecular flexibility index (Phi) is 3.81. The monoisotopic (exact) mass is 217 g/mol. The summed E-state index contributed by atoms with van der Waals surface area (Å²) in [7, 11) is 0. The molecule has 2 rings (SSSR count). The summed E-state index contributed by atoms with van der Waals surface area (Å²) in [5.74, 6) is 0.906. The molecule has 1 aromatic carbocycles. The maximum Gasteiger partial charge on any atom is 0.195 e. The minimum absolute atomic E-state index is 0.874. The number of unbranched alkanes of at least 4 members (excludes halogenated alkanes) is 1. The summed E-state index contributed by atoms with van der Waals surface area (Å²) < 4.78 is 0. The first-order valence-corrected chi connectivity index (χ1v) is 6.03. The molecule has 0 saturated heterocycles. The SMILES string of the molecule is CCCCc1ccccc1NC1=NCCN1. The predicted octanol–water partition coefficient (Wildman–Crippen LogP) is 2.40. The van der Waals surface area contributed by atoms with Gasteiger partial charge in [0.15, 0.2) is 5.96 Å². The Morgan fingerprint density at radius 2 is 2.25 bits per heavy atom. The van der Waals surface area contributed by atoms with Gasteiger partial charge in [0, 0.05) is 12.2 Å². The third kappa shape index (κ3) is 2.75. The van der Waals surface area contributed by atoms with E-state index in [9.17, 15) is 0 Å². The smallest absolute Gasteiger partial charge is 0.195 e. The van der Waals surface area contributed by atoms with Crippen molar-refractivity contribution in [1.82, 2.24) is 5.32 Å². The van der Waals surface area contributed by atoms with E-state index in [4.69, 9.17) is 0 Å². The summed E-state index contributed by atoms with van der Waals surface area (Å²) in [4.78, 5) is 4.35. The fourth-order valence-electron chi connectivity index (χ4n) is 1.84. The Balaban J connectivity index is 2.06. The van der Waals surface area contributed by atoms with Gasteiger partial charge >= 0.3 is 0 Å². The molecule has 0 bridgehead atoms. The molecule has 0 aromatic heterocycles. The summed E-state index contributed by atoms with van der Waals surface area (Å²) >= 11 is 0. The molecule has 1 heterocycles. The topological polar surface area (TPSA) is 36.4 Å². The van der Waals surface area contributed by atoms with Crippen molar-refractivity contribution in [3.05, 3.63) is 29.8 Å². The molecule has 1 aliphatic rings. The maximum absolute atomic E-state index is 4.35. The molecule has 3 nitrogen and oxygen atoms in total. The Labute approximate surface area is 97.0 Å². The van der Waals surface area contributed by atoms with Gasteiger partial charge in [-0.1, -0.05) is 31.5 Å². The summed E-state index contributed by atoms with van der Waals surface area (Å²) in [6.45, 7) is 4.04. The van der Waals surface area contributed by atoms with Crippen molar-refractivity contribution in [2.45, 2.75) is 26.2 Å². The quantitative estimate of drug-likeness (QED) is 0.812. The normalized spacial score (nSPS) is 14.4. The number of nitrogens with one attached hydrogen (secondary N) is 2. The molecule has 0 spiro atoms. The van der Waals surface area contributed by atoms with Crippen LogP contribution < -0.4 is 10.6 Å². The highest BCUT2D eigenvalue weighted by Gasteiger charge is 2.07. The molecule has 0 atom stereocenters. The minimum atomic E-state index is 0.874. The van der Waals surface area contributed by atoms with Crippen molar-refractivity contribution >= 4 is 11.6 Å².